The Hall–Kier alpha value is -2.10. The zero-order valence-corrected chi connectivity index (χ0v) is 21.4. The lowest BCUT2D eigenvalue weighted by Crippen LogP contribution is -2.71. The second-order valence-corrected chi connectivity index (χ2v) is 11.9. The number of aromatic nitrogens is 2. The van der Waals surface area contributed by atoms with Crippen LogP contribution in [-0.2, 0) is 18.4 Å². The summed E-state index contributed by atoms with van der Waals surface area (Å²) in [5.41, 5.74) is 1.19. The molecular formula is C28H37F3N4O2. The minimum atomic E-state index is -4.37. The van der Waals surface area contributed by atoms with Gasteiger partial charge in [-0.1, -0.05) is 6.07 Å². The molecule has 1 unspecified atom stereocenters. The molecule has 0 radical (unpaired) electrons. The van der Waals surface area contributed by atoms with Gasteiger partial charge in [-0.3, -0.25) is 14.5 Å². The van der Waals surface area contributed by atoms with Crippen molar-refractivity contribution in [3.63, 3.8) is 0 Å². The fourth-order valence-corrected chi connectivity index (χ4v) is 7.59. The Kier molecular flexibility index (Phi) is 6.12. The van der Waals surface area contributed by atoms with Crippen LogP contribution in [0.2, 0.25) is 0 Å². The molecule has 1 aromatic carbocycles. The summed E-state index contributed by atoms with van der Waals surface area (Å²) in [6.45, 7) is 4.31. The molecular weight excluding hydrogens is 481 g/mol. The van der Waals surface area contributed by atoms with Crippen molar-refractivity contribution >= 4 is 0 Å². The SMILES string of the molecule is Cc1cnn(CCC(N2CC[C@]34CCN(CC5CC5)[C@H](Cc5ccc(O)cc53)[C@]4(O)CC2)C(F)(F)F)c1. The van der Waals surface area contributed by atoms with Crippen molar-refractivity contribution in [3.05, 3.63) is 47.3 Å². The third-order valence-corrected chi connectivity index (χ3v) is 9.68. The van der Waals surface area contributed by atoms with E-state index >= 15 is 0 Å². The number of aromatic hydroxyl groups is 1. The summed E-state index contributed by atoms with van der Waals surface area (Å²) in [5, 5.41) is 27.1. The highest BCUT2D eigenvalue weighted by molar-refractivity contribution is 5.48. The second kappa shape index (κ2) is 8.99. The van der Waals surface area contributed by atoms with Gasteiger partial charge in [0.25, 0.3) is 0 Å². The Morgan fingerprint density at radius 2 is 1.89 bits per heavy atom. The number of rotatable bonds is 6. The van der Waals surface area contributed by atoms with Crippen LogP contribution in [-0.4, -0.2) is 79.8 Å². The number of halogens is 3. The van der Waals surface area contributed by atoms with E-state index in [1.54, 1.807) is 34.1 Å². The molecule has 3 heterocycles. The van der Waals surface area contributed by atoms with Crippen LogP contribution in [0.15, 0.2) is 30.6 Å². The number of phenols is 1. The lowest BCUT2D eigenvalue weighted by Gasteiger charge is -2.61. The van der Waals surface area contributed by atoms with Gasteiger partial charge in [0.2, 0.25) is 0 Å². The van der Waals surface area contributed by atoms with Crippen LogP contribution in [0.25, 0.3) is 0 Å². The number of hydrogen-bond donors (Lipinski definition) is 2. The lowest BCUT2D eigenvalue weighted by molar-refractivity contribution is -0.187. The molecule has 4 atom stereocenters. The Labute approximate surface area is 216 Å². The van der Waals surface area contributed by atoms with Gasteiger partial charge < -0.3 is 10.2 Å². The largest absolute Gasteiger partial charge is 0.508 e. The molecule has 6 nitrogen and oxygen atoms in total. The maximum Gasteiger partial charge on any atom is 0.404 e. The highest BCUT2D eigenvalue weighted by Crippen LogP contribution is 2.57. The highest BCUT2D eigenvalue weighted by Gasteiger charge is 2.64. The maximum absolute atomic E-state index is 14.4. The van der Waals surface area contributed by atoms with Gasteiger partial charge in [-0.05, 0) is 99.7 Å². The molecule has 4 aliphatic rings. The fraction of sp³-hybridized carbons (Fsp3) is 0.679. The van der Waals surface area contributed by atoms with E-state index in [9.17, 15) is 23.4 Å². The molecule has 2 aliphatic heterocycles. The third-order valence-electron chi connectivity index (χ3n) is 9.68. The number of likely N-dealkylation sites (tertiary alicyclic amines) is 2. The first kappa shape index (κ1) is 25.2. The first-order valence-corrected chi connectivity index (χ1v) is 13.7. The van der Waals surface area contributed by atoms with Gasteiger partial charge in [0, 0.05) is 37.3 Å². The van der Waals surface area contributed by atoms with Crippen LogP contribution in [0.5, 0.6) is 5.75 Å². The van der Waals surface area contributed by atoms with Crippen molar-refractivity contribution in [2.45, 2.75) is 87.7 Å². The van der Waals surface area contributed by atoms with Crippen LogP contribution < -0.4 is 0 Å². The van der Waals surface area contributed by atoms with E-state index in [2.05, 4.69) is 10.00 Å². The van der Waals surface area contributed by atoms with Gasteiger partial charge in [-0.2, -0.15) is 18.3 Å². The first-order chi connectivity index (χ1) is 17.6. The molecule has 0 amide bonds. The summed E-state index contributed by atoms with van der Waals surface area (Å²) in [5.74, 6) is 0.818. The molecule has 1 aromatic heterocycles. The van der Waals surface area contributed by atoms with Gasteiger partial charge in [-0.25, -0.2) is 0 Å². The number of benzene rings is 1. The minimum Gasteiger partial charge on any atom is -0.508 e. The predicted octanol–water partition coefficient (Wildman–Crippen LogP) is 4.02. The summed E-state index contributed by atoms with van der Waals surface area (Å²) in [6, 6.07) is 3.70. The van der Waals surface area contributed by atoms with Gasteiger partial charge in [0.15, 0.2) is 0 Å². The number of aliphatic hydroxyl groups is 1. The van der Waals surface area contributed by atoms with E-state index < -0.39 is 23.2 Å². The number of fused-ring (bicyclic) bond motifs is 1. The first-order valence-electron chi connectivity index (χ1n) is 13.7. The summed E-state index contributed by atoms with van der Waals surface area (Å²) in [6.07, 6.45) is 3.51. The van der Waals surface area contributed by atoms with Gasteiger partial charge >= 0.3 is 6.18 Å². The van der Waals surface area contributed by atoms with Crippen molar-refractivity contribution < 1.29 is 23.4 Å². The van der Waals surface area contributed by atoms with Crippen molar-refractivity contribution in [1.82, 2.24) is 19.6 Å². The van der Waals surface area contributed by atoms with Crippen LogP contribution in [0.3, 0.4) is 0 Å². The molecule has 1 saturated carbocycles. The van der Waals surface area contributed by atoms with E-state index in [0.717, 1.165) is 29.8 Å². The molecule has 2 saturated heterocycles. The third kappa shape index (κ3) is 4.36. The molecule has 0 spiro atoms. The van der Waals surface area contributed by atoms with Crippen molar-refractivity contribution in [3.8, 4) is 5.75 Å². The minimum absolute atomic E-state index is 0.0787. The van der Waals surface area contributed by atoms with Crippen molar-refractivity contribution in [1.29, 1.82) is 0 Å². The van der Waals surface area contributed by atoms with Crippen molar-refractivity contribution in [2.24, 2.45) is 5.92 Å². The van der Waals surface area contributed by atoms with Crippen LogP contribution in [0, 0.1) is 12.8 Å². The quantitative estimate of drug-likeness (QED) is 0.605. The molecule has 9 heteroatoms. The Morgan fingerprint density at radius 1 is 1.14 bits per heavy atom. The predicted molar refractivity (Wildman–Crippen MR) is 133 cm³/mol. The standard InChI is InChI=1S/C28H37F3N4O2/c1-19-16-32-35(17-19)10-6-24(28(29,30)31)33-11-7-26-8-12-34(18-20-2-3-20)25(27(26,37)9-13-33)14-21-4-5-22(36)15-23(21)26/h4-5,15-17,20,24-25,36-37H,2-3,6-14,18H2,1H3/t24?,25-,26+,27-/m1/s1. The average Bonchev–Trinajstić information content (AvgIpc) is 3.58. The molecule has 6 rings (SSSR count). The molecule has 3 fully saturated rings. The topological polar surface area (TPSA) is 64.8 Å². The Morgan fingerprint density at radius 3 is 2.59 bits per heavy atom. The zero-order chi connectivity index (χ0) is 26.0. The highest BCUT2D eigenvalue weighted by atomic mass is 19.4. The number of hydrogen-bond acceptors (Lipinski definition) is 5. The van der Waals surface area contributed by atoms with E-state index in [0.29, 0.717) is 31.6 Å². The number of alkyl halides is 3. The summed E-state index contributed by atoms with van der Waals surface area (Å²) >= 11 is 0. The van der Waals surface area contributed by atoms with Crippen LogP contribution in [0.4, 0.5) is 13.2 Å². The zero-order valence-electron chi connectivity index (χ0n) is 21.4. The second-order valence-electron chi connectivity index (χ2n) is 11.9. The monoisotopic (exact) mass is 518 g/mol. The van der Waals surface area contributed by atoms with E-state index in [1.807, 2.05) is 13.0 Å². The average molecular weight is 519 g/mol. The number of aryl methyl sites for hydroxylation is 2. The van der Waals surface area contributed by atoms with Gasteiger partial charge in [-0.15, -0.1) is 0 Å². The summed E-state index contributed by atoms with van der Waals surface area (Å²) in [4.78, 5) is 3.98. The van der Waals surface area contributed by atoms with Crippen LogP contribution in [0.1, 0.15) is 55.2 Å². The molecule has 2 aromatic rings. The Bertz CT molecular complexity index is 1150. The van der Waals surface area contributed by atoms with Crippen LogP contribution >= 0.6 is 0 Å². The molecule has 37 heavy (non-hydrogen) atoms. The smallest absolute Gasteiger partial charge is 0.404 e. The Balaban J connectivity index is 1.32. The van der Waals surface area contributed by atoms with Gasteiger partial charge in [0.05, 0.1) is 11.8 Å². The maximum atomic E-state index is 14.4. The lowest BCUT2D eigenvalue weighted by atomic mass is 9.52. The van der Waals surface area contributed by atoms with Crippen molar-refractivity contribution in [2.75, 3.05) is 26.2 Å². The van der Waals surface area contributed by atoms with E-state index in [-0.39, 0.29) is 37.8 Å². The number of phenolic OH excluding ortho intramolecular Hbond substituents is 1. The molecule has 2 aliphatic carbocycles. The van der Waals surface area contributed by atoms with E-state index in [1.165, 1.54) is 12.8 Å². The summed E-state index contributed by atoms with van der Waals surface area (Å²) in [7, 11) is 0. The molecule has 2 bridgehead atoms. The van der Waals surface area contributed by atoms with E-state index in [4.69, 9.17) is 0 Å². The summed E-state index contributed by atoms with van der Waals surface area (Å²) < 4.78 is 44.8. The normalized spacial score (nSPS) is 31.4. The molecule has 202 valence electrons. The molecule has 2 N–H and O–H groups in total. The number of nitrogens with zero attached hydrogens (tertiary/aromatic N) is 4. The fourth-order valence-electron chi connectivity index (χ4n) is 7.59. The van der Waals surface area contributed by atoms with Gasteiger partial charge in [0.1, 0.15) is 11.8 Å². The number of piperidine rings is 1.